The van der Waals surface area contributed by atoms with E-state index < -0.39 is 17.6 Å². The molecule has 0 aromatic heterocycles. The summed E-state index contributed by atoms with van der Waals surface area (Å²) in [4.78, 5) is 22.2. The molecule has 0 spiro atoms. The Labute approximate surface area is 75.9 Å². The zero-order valence-corrected chi connectivity index (χ0v) is 7.65. The third-order valence-corrected chi connectivity index (χ3v) is 1.89. The molecule has 0 fully saturated rings. The molecule has 13 heavy (non-hydrogen) atoms. The van der Waals surface area contributed by atoms with Gasteiger partial charge in [-0.25, -0.2) is 4.79 Å². The largest absolute Gasteiger partial charge is 0.481 e. The van der Waals surface area contributed by atoms with Gasteiger partial charge in [0.1, 0.15) is 0 Å². The van der Waals surface area contributed by atoms with Crippen LogP contribution in [0, 0.1) is 0 Å². The summed E-state index contributed by atoms with van der Waals surface area (Å²) in [6.07, 6.45) is -0.383. The molecule has 0 aliphatic rings. The van der Waals surface area contributed by atoms with Crippen molar-refractivity contribution in [3.63, 3.8) is 0 Å². The maximum absolute atomic E-state index is 10.7. The number of aliphatic carboxylic acids is 2. The van der Waals surface area contributed by atoms with Crippen molar-refractivity contribution in [1.82, 2.24) is 4.90 Å². The second-order valence-electron chi connectivity index (χ2n) is 3.02. The average molecular weight is 190 g/mol. The number of carbonyl (C=O) groups is 2. The molecule has 0 radical (unpaired) electrons. The monoisotopic (exact) mass is 190 g/mol. The van der Waals surface area contributed by atoms with Gasteiger partial charge in [0.15, 0.2) is 5.66 Å². The fraction of sp³-hybridized carbons (Fsp3) is 0.714. The van der Waals surface area contributed by atoms with E-state index in [1.807, 2.05) is 0 Å². The van der Waals surface area contributed by atoms with Crippen LogP contribution in [-0.2, 0) is 9.59 Å². The van der Waals surface area contributed by atoms with Crippen LogP contribution in [0.15, 0.2) is 0 Å². The Morgan fingerprint density at radius 3 is 2.08 bits per heavy atom. The standard InChI is InChI=1S/C7H14N2O4/c1-9(2)7(8,6(12)13)4-3-5(10)11/h3-4,8H2,1-2H3,(H,10,11)(H,12,13)/t7-/m0/s1. The highest BCUT2D eigenvalue weighted by molar-refractivity contribution is 5.79. The Kier molecular flexibility index (Phi) is 3.83. The number of carboxylic acids is 2. The number of hydrogen-bond acceptors (Lipinski definition) is 4. The molecule has 0 heterocycles. The van der Waals surface area contributed by atoms with Gasteiger partial charge in [-0.3, -0.25) is 9.69 Å². The van der Waals surface area contributed by atoms with E-state index in [1.54, 1.807) is 0 Å². The van der Waals surface area contributed by atoms with E-state index in [1.165, 1.54) is 19.0 Å². The van der Waals surface area contributed by atoms with E-state index in [9.17, 15) is 9.59 Å². The summed E-state index contributed by atoms with van der Waals surface area (Å²) in [5, 5.41) is 17.1. The summed E-state index contributed by atoms with van der Waals surface area (Å²) >= 11 is 0. The lowest BCUT2D eigenvalue weighted by Gasteiger charge is -2.31. The molecule has 6 nitrogen and oxygen atoms in total. The van der Waals surface area contributed by atoms with Crippen LogP contribution >= 0.6 is 0 Å². The van der Waals surface area contributed by atoms with Crippen molar-refractivity contribution in [3.8, 4) is 0 Å². The van der Waals surface area contributed by atoms with Gasteiger partial charge in [0, 0.05) is 12.8 Å². The predicted octanol–water partition coefficient (Wildman–Crippen LogP) is -0.848. The van der Waals surface area contributed by atoms with Crippen molar-refractivity contribution in [2.75, 3.05) is 14.1 Å². The van der Waals surface area contributed by atoms with Gasteiger partial charge in [-0.15, -0.1) is 0 Å². The molecule has 0 aliphatic heterocycles. The normalized spacial score (nSPS) is 15.4. The third-order valence-electron chi connectivity index (χ3n) is 1.89. The minimum absolute atomic E-state index is 0.120. The summed E-state index contributed by atoms with van der Waals surface area (Å²) in [7, 11) is 2.99. The smallest absolute Gasteiger partial charge is 0.338 e. The van der Waals surface area contributed by atoms with Crippen molar-refractivity contribution in [1.29, 1.82) is 0 Å². The molecule has 0 aliphatic carbocycles. The van der Waals surface area contributed by atoms with E-state index in [4.69, 9.17) is 15.9 Å². The van der Waals surface area contributed by atoms with Gasteiger partial charge in [0.05, 0.1) is 0 Å². The van der Waals surface area contributed by atoms with E-state index in [2.05, 4.69) is 0 Å². The van der Waals surface area contributed by atoms with Crippen LogP contribution in [0.3, 0.4) is 0 Å². The Morgan fingerprint density at radius 1 is 1.38 bits per heavy atom. The highest BCUT2D eigenvalue weighted by Gasteiger charge is 2.36. The SMILES string of the molecule is CN(C)[C@@](N)(CCC(=O)O)C(=O)O. The topological polar surface area (TPSA) is 104 Å². The van der Waals surface area contributed by atoms with Crippen LogP contribution in [0.5, 0.6) is 0 Å². The number of nitrogens with two attached hydrogens (primary N) is 1. The van der Waals surface area contributed by atoms with E-state index >= 15 is 0 Å². The Balaban J connectivity index is 4.43. The van der Waals surface area contributed by atoms with Crippen LogP contribution in [0.25, 0.3) is 0 Å². The summed E-state index contributed by atoms with van der Waals surface area (Å²) in [6.45, 7) is 0. The van der Waals surface area contributed by atoms with E-state index in [0.29, 0.717) is 0 Å². The van der Waals surface area contributed by atoms with Gasteiger partial charge in [0.25, 0.3) is 0 Å². The maximum Gasteiger partial charge on any atom is 0.338 e. The van der Waals surface area contributed by atoms with Crippen molar-refractivity contribution in [2.24, 2.45) is 5.73 Å². The first-order chi connectivity index (χ1) is 5.80. The van der Waals surface area contributed by atoms with Gasteiger partial charge in [-0.2, -0.15) is 0 Å². The molecule has 0 bridgehead atoms. The maximum atomic E-state index is 10.7. The van der Waals surface area contributed by atoms with Gasteiger partial charge < -0.3 is 15.9 Å². The van der Waals surface area contributed by atoms with Crippen LogP contribution in [0.1, 0.15) is 12.8 Å². The van der Waals surface area contributed by atoms with Gasteiger partial charge in [0.2, 0.25) is 0 Å². The van der Waals surface area contributed by atoms with Crippen LogP contribution in [0.2, 0.25) is 0 Å². The molecule has 0 saturated heterocycles. The van der Waals surface area contributed by atoms with Crippen molar-refractivity contribution < 1.29 is 19.8 Å². The predicted molar refractivity (Wildman–Crippen MR) is 45.1 cm³/mol. The quantitative estimate of drug-likeness (QED) is 0.488. The molecule has 0 aromatic rings. The molecular weight excluding hydrogens is 176 g/mol. The zero-order valence-electron chi connectivity index (χ0n) is 7.65. The fourth-order valence-corrected chi connectivity index (χ4v) is 0.819. The Bertz CT molecular complexity index is 217. The minimum atomic E-state index is -1.60. The molecule has 0 saturated carbocycles. The minimum Gasteiger partial charge on any atom is -0.481 e. The van der Waals surface area contributed by atoms with Gasteiger partial charge >= 0.3 is 11.9 Å². The molecule has 6 heteroatoms. The number of nitrogens with zero attached hydrogens (tertiary/aromatic N) is 1. The number of likely N-dealkylation sites (N-methyl/N-ethyl adjacent to an activating group) is 1. The Hall–Kier alpha value is -1.14. The molecule has 0 aromatic carbocycles. The van der Waals surface area contributed by atoms with Gasteiger partial charge in [-0.05, 0) is 14.1 Å². The molecule has 0 amide bonds. The van der Waals surface area contributed by atoms with Crippen LogP contribution in [-0.4, -0.2) is 46.8 Å². The third kappa shape index (κ3) is 3.00. The van der Waals surface area contributed by atoms with Crippen molar-refractivity contribution in [2.45, 2.75) is 18.5 Å². The van der Waals surface area contributed by atoms with E-state index in [-0.39, 0.29) is 12.8 Å². The average Bonchev–Trinajstić information content (AvgIpc) is 1.99. The molecule has 1 atom stereocenters. The summed E-state index contributed by atoms with van der Waals surface area (Å²) in [5.41, 5.74) is 3.90. The first kappa shape index (κ1) is 11.9. The van der Waals surface area contributed by atoms with E-state index in [0.717, 1.165) is 0 Å². The second kappa shape index (κ2) is 4.20. The van der Waals surface area contributed by atoms with Gasteiger partial charge in [-0.1, -0.05) is 0 Å². The summed E-state index contributed by atoms with van der Waals surface area (Å²) in [6, 6.07) is 0. The summed E-state index contributed by atoms with van der Waals surface area (Å²) < 4.78 is 0. The van der Waals surface area contributed by atoms with Crippen LogP contribution in [0.4, 0.5) is 0 Å². The number of hydrogen-bond donors (Lipinski definition) is 3. The number of carboxylic acid groups (broad SMARTS) is 2. The molecule has 0 unspecified atom stereocenters. The van der Waals surface area contributed by atoms with Crippen molar-refractivity contribution >= 4 is 11.9 Å². The lowest BCUT2D eigenvalue weighted by Crippen LogP contribution is -2.58. The zero-order chi connectivity index (χ0) is 10.6. The molecular formula is C7H14N2O4. The molecule has 4 N–H and O–H groups in total. The highest BCUT2D eigenvalue weighted by Crippen LogP contribution is 2.12. The summed E-state index contributed by atoms with van der Waals surface area (Å²) in [5.74, 6) is -2.28. The first-order valence-electron chi connectivity index (χ1n) is 3.72. The number of rotatable bonds is 5. The van der Waals surface area contributed by atoms with Crippen molar-refractivity contribution in [3.05, 3.63) is 0 Å². The first-order valence-corrected chi connectivity index (χ1v) is 3.72. The highest BCUT2D eigenvalue weighted by atomic mass is 16.4. The molecule has 76 valence electrons. The lowest BCUT2D eigenvalue weighted by atomic mass is 10.0. The second-order valence-corrected chi connectivity index (χ2v) is 3.02. The fourth-order valence-electron chi connectivity index (χ4n) is 0.819. The Morgan fingerprint density at radius 2 is 1.85 bits per heavy atom. The lowest BCUT2D eigenvalue weighted by molar-refractivity contribution is -0.151. The molecule has 0 rings (SSSR count). The van der Waals surface area contributed by atoms with Crippen LogP contribution < -0.4 is 5.73 Å².